The van der Waals surface area contributed by atoms with Gasteiger partial charge in [0.1, 0.15) is 6.10 Å². The minimum atomic E-state index is -2.87. The van der Waals surface area contributed by atoms with Gasteiger partial charge in [-0.2, -0.15) is 8.78 Å². The van der Waals surface area contributed by atoms with Crippen LogP contribution in [-0.4, -0.2) is 26.1 Å². The number of alkyl halides is 2. The van der Waals surface area contributed by atoms with Gasteiger partial charge < -0.3 is 14.4 Å². The maximum atomic E-state index is 13.5. The lowest BCUT2D eigenvalue weighted by Crippen LogP contribution is -2.33. The van der Waals surface area contributed by atoms with E-state index in [4.69, 9.17) is 4.42 Å². The van der Waals surface area contributed by atoms with Crippen molar-refractivity contribution < 1.29 is 23.1 Å². The van der Waals surface area contributed by atoms with E-state index < -0.39 is 24.5 Å². The second-order valence-corrected chi connectivity index (χ2v) is 7.76. The van der Waals surface area contributed by atoms with Crippen LogP contribution in [-0.2, 0) is 6.54 Å². The predicted molar refractivity (Wildman–Crippen MR) is 115 cm³/mol. The summed E-state index contributed by atoms with van der Waals surface area (Å²) in [5.74, 6) is -1.12. The van der Waals surface area contributed by atoms with Crippen molar-refractivity contribution in [2.24, 2.45) is 0 Å². The summed E-state index contributed by atoms with van der Waals surface area (Å²) in [6.07, 6.45) is -3.82. The van der Waals surface area contributed by atoms with Crippen molar-refractivity contribution >= 4 is 5.91 Å². The number of aromatic nitrogens is 2. The van der Waals surface area contributed by atoms with Crippen molar-refractivity contribution in [3.05, 3.63) is 107 Å². The molecule has 166 valence electrons. The molecule has 1 N–H and O–H groups in total. The quantitative estimate of drug-likeness (QED) is 0.445. The number of amides is 1. The molecule has 0 fully saturated rings. The first kappa shape index (κ1) is 21.0. The molecule has 0 radical (unpaired) electrons. The molecule has 3 aromatic carbocycles. The van der Waals surface area contributed by atoms with Crippen LogP contribution in [0.5, 0.6) is 0 Å². The molecule has 2 atom stereocenters. The topological polar surface area (TPSA) is 79.5 Å². The number of carbonyl (C=O) groups is 1. The zero-order valence-corrected chi connectivity index (χ0v) is 17.3. The predicted octanol–water partition coefficient (Wildman–Crippen LogP) is 5.10. The molecule has 1 aliphatic rings. The summed E-state index contributed by atoms with van der Waals surface area (Å²) in [5, 5.41) is 18.3. The number of benzene rings is 3. The van der Waals surface area contributed by atoms with Crippen molar-refractivity contribution in [1.82, 2.24) is 15.1 Å². The number of rotatable bonds is 6. The van der Waals surface area contributed by atoms with Gasteiger partial charge in [0.2, 0.25) is 5.89 Å². The summed E-state index contributed by atoms with van der Waals surface area (Å²) in [6, 6.07) is 22.9. The minimum Gasteiger partial charge on any atom is -0.415 e. The van der Waals surface area contributed by atoms with Gasteiger partial charge in [0.25, 0.3) is 11.8 Å². The molecule has 1 amide bonds. The van der Waals surface area contributed by atoms with E-state index in [0.717, 1.165) is 11.1 Å². The number of fused-ring (bicyclic) bond motifs is 1. The normalized spacial score (nSPS) is 15.0. The molecule has 1 aliphatic heterocycles. The van der Waals surface area contributed by atoms with E-state index in [2.05, 4.69) is 10.2 Å². The molecule has 0 spiro atoms. The summed E-state index contributed by atoms with van der Waals surface area (Å²) < 4.78 is 30.7. The van der Waals surface area contributed by atoms with E-state index in [1.54, 1.807) is 23.1 Å². The highest BCUT2D eigenvalue weighted by Gasteiger charge is 2.38. The molecule has 4 aromatic rings. The fourth-order valence-corrected chi connectivity index (χ4v) is 4.14. The van der Waals surface area contributed by atoms with Crippen LogP contribution in [0.2, 0.25) is 0 Å². The Kier molecular flexibility index (Phi) is 5.43. The third kappa shape index (κ3) is 3.89. The van der Waals surface area contributed by atoms with Crippen LogP contribution in [0, 0.1) is 0 Å². The summed E-state index contributed by atoms with van der Waals surface area (Å²) in [5.41, 5.74) is 3.04. The van der Waals surface area contributed by atoms with E-state index in [-0.39, 0.29) is 11.8 Å². The summed E-state index contributed by atoms with van der Waals surface area (Å²) in [4.78, 5) is 15.1. The van der Waals surface area contributed by atoms with E-state index in [0.29, 0.717) is 23.2 Å². The Morgan fingerprint density at radius 2 is 1.58 bits per heavy atom. The molecule has 2 heterocycles. The van der Waals surface area contributed by atoms with Crippen LogP contribution in [0.3, 0.4) is 0 Å². The van der Waals surface area contributed by atoms with Crippen LogP contribution in [0.25, 0.3) is 11.5 Å². The second-order valence-electron chi connectivity index (χ2n) is 7.76. The number of halogens is 2. The van der Waals surface area contributed by atoms with Gasteiger partial charge in [0, 0.05) is 17.7 Å². The summed E-state index contributed by atoms with van der Waals surface area (Å²) in [6.45, 7) is 0.296. The maximum absolute atomic E-state index is 13.5. The van der Waals surface area contributed by atoms with Gasteiger partial charge in [0.05, 0.1) is 6.04 Å². The van der Waals surface area contributed by atoms with Crippen molar-refractivity contribution in [3.8, 4) is 11.5 Å². The van der Waals surface area contributed by atoms with Crippen LogP contribution in [0.1, 0.15) is 51.5 Å². The molecular weight excluding hydrogens is 428 g/mol. The third-order valence-corrected chi connectivity index (χ3v) is 5.73. The van der Waals surface area contributed by atoms with Gasteiger partial charge in [-0.25, -0.2) is 0 Å². The number of aliphatic hydroxyl groups excluding tert-OH is 1. The molecule has 0 saturated heterocycles. The second kappa shape index (κ2) is 8.55. The number of hydrogen-bond acceptors (Lipinski definition) is 5. The zero-order valence-electron chi connectivity index (χ0n) is 17.3. The maximum Gasteiger partial charge on any atom is 0.314 e. The Labute approximate surface area is 188 Å². The molecule has 5 rings (SSSR count). The lowest BCUT2D eigenvalue weighted by molar-refractivity contribution is 0.0360. The number of hydrogen-bond donors (Lipinski definition) is 1. The highest BCUT2D eigenvalue weighted by Crippen LogP contribution is 2.40. The van der Waals surface area contributed by atoms with Crippen LogP contribution in [0.4, 0.5) is 8.78 Å². The number of aliphatic hydroxyl groups is 1. The molecular formula is C25H19F2N3O3. The standard InChI is InChI=1S/C25H19F2N3O3/c26-22(27)24-29-28-23(33-24)17-11-12-18-14-30(25(32)19(18)13-17)20(15-7-3-1-4-8-15)21(31)16-9-5-2-6-10-16/h1-13,20-22,31H,14H2/t20-,21+/m0/s1. The highest BCUT2D eigenvalue weighted by atomic mass is 19.3. The van der Waals surface area contributed by atoms with Crippen LogP contribution < -0.4 is 0 Å². The van der Waals surface area contributed by atoms with Crippen molar-refractivity contribution in [2.75, 3.05) is 0 Å². The molecule has 6 nitrogen and oxygen atoms in total. The van der Waals surface area contributed by atoms with Gasteiger partial charge in [0.15, 0.2) is 0 Å². The van der Waals surface area contributed by atoms with E-state index in [1.165, 1.54) is 0 Å². The number of carbonyl (C=O) groups excluding carboxylic acids is 1. The first-order chi connectivity index (χ1) is 16.0. The Morgan fingerprint density at radius 1 is 0.909 bits per heavy atom. The largest absolute Gasteiger partial charge is 0.415 e. The van der Waals surface area contributed by atoms with Gasteiger partial charge in [-0.15, -0.1) is 10.2 Å². The lowest BCUT2D eigenvalue weighted by Gasteiger charge is -2.32. The highest BCUT2D eigenvalue weighted by molar-refractivity contribution is 5.99. The van der Waals surface area contributed by atoms with Gasteiger partial charge in [-0.1, -0.05) is 66.7 Å². The summed E-state index contributed by atoms with van der Waals surface area (Å²) in [7, 11) is 0. The Bertz CT molecular complexity index is 1280. The van der Waals surface area contributed by atoms with Gasteiger partial charge in [-0.05, 0) is 28.8 Å². The first-order valence-electron chi connectivity index (χ1n) is 10.4. The third-order valence-electron chi connectivity index (χ3n) is 5.73. The minimum absolute atomic E-state index is 0.0803. The van der Waals surface area contributed by atoms with E-state index in [9.17, 15) is 18.7 Å². The average Bonchev–Trinajstić information content (AvgIpc) is 3.46. The SMILES string of the molecule is O=C1c2cc(-c3nnc(C(F)F)o3)ccc2CN1[C@@H](c1ccccc1)[C@H](O)c1ccccc1. The van der Waals surface area contributed by atoms with Crippen molar-refractivity contribution in [3.63, 3.8) is 0 Å². The summed E-state index contributed by atoms with van der Waals surface area (Å²) >= 11 is 0. The molecule has 8 heteroatoms. The van der Waals surface area contributed by atoms with E-state index in [1.807, 2.05) is 60.7 Å². The fourth-order valence-electron chi connectivity index (χ4n) is 4.14. The molecule has 0 aliphatic carbocycles. The van der Waals surface area contributed by atoms with Gasteiger partial charge in [-0.3, -0.25) is 4.79 Å². The Morgan fingerprint density at radius 3 is 2.21 bits per heavy atom. The first-order valence-corrected chi connectivity index (χ1v) is 10.4. The van der Waals surface area contributed by atoms with Crippen molar-refractivity contribution in [2.45, 2.75) is 25.1 Å². The molecule has 0 bridgehead atoms. The van der Waals surface area contributed by atoms with Crippen LogP contribution in [0.15, 0.2) is 83.3 Å². The molecule has 0 saturated carbocycles. The molecule has 0 unspecified atom stereocenters. The zero-order chi connectivity index (χ0) is 22.9. The van der Waals surface area contributed by atoms with Gasteiger partial charge >= 0.3 is 6.43 Å². The van der Waals surface area contributed by atoms with E-state index >= 15 is 0 Å². The smallest absolute Gasteiger partial charge is 0.314 e. The fraction of sp³-hybridized carbons (Fsp3) is 0.160. The monoisotopic (exact) mass is 447 g/mol. The lowest BCUT2D eigenvalue weighted by atomic mass is 9.94. The molecule has 1 aromatic heterocycles. The van der Waals surface area contributed by atoms with Crippen molar-refractivity contribution in [1.29, 1.82) is 0 Å². The molecule has 33 heavy (non-hydrogen) atoms. The Balaban J connectivity index is 1.50. The Hall–Kier alpha value is -3.91. The van der Waals surface area contributed by atoms with Crippen LogP contribution >= 0.6 is 0 Å². The average molecular weight is 447 g/mol. The number of nitrogens with zero attached hydrogens (tertiary/aromatic N) is 3.